The van der Waals surface area contributed by atoms with Crippen LogP contribution in [0.4, 0.5) is 5.82 Å². The Morgan fingerprint density at radius 2 is 1.71 bits per heavy atom. The second-order valence-corrected chi connectivity index (χ2v) is 10.1. The summed E-state index contributed by atoms with van der Waals surface area (Å²) >= 11 is 0. The number of benzene rings is 1. The lowest BCUT2D eigenvalue weighted by Gasteiger charge is -2.18. The highest BCUT2D eigenvalue weighted by Gasteiger charge is 2.15. The molecule has 1 aromatic carbocycles. The van der Waals surface area contributed by atoms with Crippen LogP contribution in [0.2, 0.25) is 0 Å². The summed E-state index contributed by atoms with van der Waals surface area (Å²) in [4.78, 5) is 8.98. The maximum absolute atomic E-state index is 11.7. The van der Waals surface area contributed by atoms with Crippen molar-refractivity contribution in [2.45, 2.75) is 24.3 Å². The molecule has 0 saturated heterocycles. The van der Waals surface area contributed by atoms with Crippen LogP contribution in [-0.4, -0.2) is 41.9 Å². The second kappa shape index (κ2) is 7.79. The van der Waals surface area contributed by atoms with E-state index in [-0.39, 0.29) is 4.90 Å². The first-order valence-corrected chi connectivity index (χ1v) is 11.6. The summed E-state index contributed by atoms with van der Waals surface area (Å²) in [7, 11) is -3.26. The molecule has 8 heteroatoms. The van der Waals surface area contributed by atoms with Crippen molar-refractivity contribution in [2.75, 3.05) is 18.1 Å². The van der Waals surface area contributed by atoms with Gasteiger partial charge in [-0.2, -0.15) is 0 Å². The molecule has 0 radical (unpaired) electrons. The molecule has 0 spiro atoms. The van der Waals surface area contributed by atoms with Crippen molar-refractivity contribution in [3.8, 4) is 22.5 Å². The van der Waals surface area contributed by atoms with Gasteiger partial charge in [0.05, 0.1) is 10.5 Å². The van der Waals surface area contributed by atoms with Gasteiger partial charge in [-0.1, -0.05) is 0 Å². The molecule has 0 amide bonds. The molecule has 2 N–H and O–H groups in total. The Labute approximate surface area is 180 Å². The number of aliphatic hydroxyl groups is 1. The fraction of sp³-hybridized carbons (Fsp3) is 0.217. The molecule has 0 aliphatic heterocycles. The van der Waals surface area contributed by atoms with Gasteiger partial charge in [0.25, 0.3) is 0 Å². The zero-order valence-electron chi connectivity index (χ0n) is 17.5. The summed E-state index contributed by atoms with van der Waals surface area (Å²) in [5, 5.41) is 13.1. The van der Waals surface area contributed by atoms with Gasteiger partial charge in [0, 0.05) is 42.4 Å². The van der Waals surface area contributed by atoms with Crippen LogP contribution in [0.3, 0.4) is 0 Å². The molecule has 0 aliphatic rings. The van der Waals surface area contributed by atoms with E-state index in [1.165, 1.54) is 6.26 Å². The molecule has 4 rings (SSSR count). The molecule has 160 valence electrons. The van der Waals surface area contributed by atoms with Crippen molar-refractivity contribution >= 4 is 26.8 Å². The normalized spacial score (nSPS) is 12.3. The molecule has 0 atom stereocenters. The molecule has 0 fully saturated rings. The highest BCUT2D eigenvalue weighted by Crippen LogP contribution is 2.34. The highest BCUT2D eigenvalue weighted by atomic mass is 32.2. The van der Waals surface area contributed by atoms with Crippen LogP contribution in [0.5, 0.6) is 0 Å². The predicted octanol–water partition coefficient (Wildman–Crippen LogP) is 4.14. The smallest absolute Gasteiger partial charge is 0.175 e. The van der Waals surface area contributed by atoms with Crippen LogP contribution >= 0.6 is 0 Å². The third-order valence-corrected chi connectivity index (χ3v) is 5.88. The number of furan rings is 1. The summed E-state index contributed by atoms with van der Waals surface area (Å²) in [5.41, 5.74) is 2.99. The minimum atomic E-state index is -3.26. The van der Waals surface area contributed by atoms with Gasteiger partial charge in [0.2, 0.25) is 0 Å². The highest BCUT2D eigenvalue weighted by molar-refractivity contribution is 7.90. The number of rotatable bonds is 6. The van der Waals surface area contributed by atoms with Crippen LogP contribution in [0.1, 0.15) is 13.8 Å². The molecular weight excluding hydrogens is 414 g/mol. The average Bonchev–Trinajstić information content (AvgIpc) is 3.16. The van der Waals surface area contributed by atoms with E-state index in [1.54, 1.807) is 50.5 Å². The van der Waals surface area contributed by atoms with Crippen LogP contribution < -0.4 is 5.32 Å². The topological polar surface area (TPSA) is 105 Å². The Balaban J connectivity index is 1.70. The molecule has 4 aromatic rings. The first-order valence-electron chi connectivity index (χ1n) is 9.72. The third kappa shape index (κ3) is 4.76. The van der Waals surface area contributed by atoms with Crippen LogP contribution in [0.15, 0.2) is 70.2 Å². The number of nitrogens with one attached hydrogen (secondary N) is 1. The molecule has 0 aliphatic carbocycles. The molecular formula is C23H23N3O4S. The zero-order valence-corrected chi connectivity index (χ0v) is 18.3. The van der Waals surface area contributed by atoms with E-state index in [1.807, 2.05) is 24.3 Å². The number of hydrogen-bond donors (Lipinski definition) is 2. The van der Waals surface area contributed by atoms with Gasteiger partial charge in [-0.25, -0.2) is 13.4 Å². The number of nitrogens with zero attached hydrogens (tertiary/aromatic N) is 2. The Kier molecular flexibility index (Phi) is 5.28. The van der Waals surface area contributed by atoms with E-state index in [4.69, 9.17) is 4.42 Å². The number of hydrogen-bond acceptors (Lipinski definition) is 7. The van der Waals surface area contributed by atoms with E-state index >= 15 is 0 Å². The summed E-state index contributed by atoms with van der Waals surface area (Å²) < 4.78 is 29.5. The number of anilines is 1. The van der Waals surface area contributed by atoms with Crippen LogP contribution in [0, 0.1) is 0 Å². The largest absolute Gasteiger partial charge is 0.454 e. The summed E-state index contributed by atoms with van der Waals surface area (Å²) in [6.07, 6.45) is 4.59. The van der Waals surface area contributed by atoms with Crippen LogP contribution in [-0.2, 0) is 9.84 Å². The van der Waals surface area contributed by atoms with Gasteiger partial charge in [0.1, 0.15) is 17.1 Å². The molecule has 0 bridgehead atoms. The number of pyridine rings is 2. The number of aromatic nitrogens is 2. The van der Waals surface area contributed by atoms with Crippen LogP contribution in [0.25, 0.3) is 33.6 Å². The van der Waals surface area contributed by atoms with Crippen molar-refractivity contribution in [3.63, 3.8) is 0 Å². The number of fused-ring (bicyclic) bond motifs is 1. The monoisotopic (exact) mass is 437 g/mol. The SMILES string of the molecule is CC(C)(O)CNc1cc(-c2ccnc3cc(-c4ccc(S(C)(=O)=O)cc4)oc23)ccn1. The second-order valence-electron chi connectivity index (χ2n) is 8.08. The van der Waals surface area contributed by atoms with Crippen molar-refractivity contribution in [1.82, 2.24) is 9.97 Å². The lowest BCUT2D eigenvalue weighted by Crippen LogP contribution is -2.29. The Morgan fingerprint density at radius 1 is 1.00 bits per heavy atom. The van der Waals surface area contributed by atoms with Gasteiger partial charge in [-0.05, 0) is 61.9 Å². The first-order chi connectivity index (χ1) is 14.6. The third-order valence-electron chi connectivity index (χ3n) is 4.75. The minimum Gasteiger partial charge on any atom is -0.454 e. The van der Waals surface area contributed by atoms with Crippen molar-refractivity contribution < 1.29 is 17.9 Å². The van der Waals surface area contributed by atoms with Gasteiger partial charge in [-0.15, -0.1) is 0 Å². The predicted molar refractivity (Wildman–Crippen MR) is 121 cm³/mol. The van der Waals surface area contributed by atoms with Crippen molar-refractivity contribution in [2.24, 2.45) is 0 Å². The first kappa shape index (κ1) is 21.0. The van der Waals surface area contributed by atoms with Gasteiger partial charge in [-0.3, -0.25) is 4.98 Å². The fourth-order valence-corrected chi connectivity index (χ4v) is 3.81. The lowest BCUT2D eigenvalue weighted by atomic mass is 10.1. The molecule has 0 unspecified atom stereocenters. The average molecular weight is 438 g/mol. The molecule has 0 saturated carbocycles. The van der Waals surface area contributed by atoms with E-state index in [0.717, 1.165) is 16.7 Å². The molecule has 7 nitrogen and oxygen atoms in total. The molecule has 31 heavy (non-hydrogen) atoms. The van der Waals surface area contributed by atoms with E-state index < -0.39 is 15.4 Å². The van der Waals surface area contributed by atoms with Crippen molar-refractivity contribution in [1.29, 1.82) is 0 Å². The maximum Gasteiger partial charge on any atom is 0.175 e. The Bertz CT molecular complexity index is 1340. The summed E-state index contributed by atoms with van der Waals surface area (Å²) in [6.45, 7) is 3.82. The zero-order chi connectivity index (χ0) is 22.2. The molecule has 3 aromatic heterocycles. The minimum absolute atomic E-state index is 0.258. The summed E-state index contributed by atoms with van der Waals surface area (Å²) in [6, 6.07) is 14.1. The Hall–Kier alpha value is -3.23. The number of sulfone groups is 1. The van der Waals surface area contributed by atoms with Gasteiger partial charge < -0.3 is 14.8 Å². The maximum atomic E-state index is 11.7. The van der Waals surface area contributed by atoms with E-state index in [9.17, 15) is 13.5 Å². The van der Waals surface area contributed by atoms with E-state index in [2.05, 4.69) is 15.3 Å². The molecule has 3 heterocycles. The fourth-order valence-electron chi connectivity index (χ4n) is 3.18. The lowest BCUT2D eigenvalue weighted by molar-refractivity contribution is 0.0944. The standard InChI is InChI=1S/C23H23N3O4S/c1-23(2,27)14-26-21-12-16(8-10-25-21)18-9-11-24-19-13-20(30-22(18)19)15-4-6-17(7-5-15)31(3,28)29/h4-13,27H,14H2,1-3H3,(H,25,26). The quantitative estimate of drug-likeness (QED) is 0.467. The Morgan fingerprint density at radius 3 is 2.39 bits per heavy atom. The van der Waals surface area contributed by atoms with Crippen molar-refractivity contribution in [3.05, 3.63) is 60.9 Å². The van der Waals surface area contributed by atoms with Gasteiger partial charge in [0.15, 0.2) is 15.4 Å². The van der Waals surface area contributed by atoms with E-state index in [0.29, 0.717) is 29.2 Å². The van der Waals surface area contributed by atoms with Gasteiger partial charge >= 0.3 is 0 Å². The summed E-state index contributed by atoms with van der Waals surface area (Å²) in [5.74, 6) is 1.25.